The molecule has 0 aliphatic rings. The van der Waals surface area contributed by atoms with E-state index in [2.05, 4.69) is 15.5 Å². The molecule has 8 heteroatoms. The van der Waals surface area contributed by atoms with Crippen molar-refractivity contribution in [2.75, 3.05) is 6.61 Å². The highest BCUT2D eigenvalue weighted by Gasteiger charge is 2.27. The first-order valence-electron chi connectivity index (χ1n) is 9.19. The first-order valence-corrected chi connectivity index (χ1v) is 9.19. The van der Waals surface area contributed by atoms with Crippen molar-refractivity contribution >= 4 is 11.9 Å². The number of ether oxygens (including phenoxy) is 1. The molecule has 0 bridgehead atoms. The highest BCUT2D eigenvalue weighted by molar-refractivity contribution is 5.91. The average molecular weight is 393 g/mol. The van der Waals surface area contributed by atoms with Gasteiger partial charge in [-0.3, -0.25) is 4.79 Å². The number of carbonyl (C=O) groups is 2. The van der Waals surface area contributed by atoms with Crippen LogP contribution in [0.15, 0.2) is 60.9 Å². The van der Waals surface area contributed by atoms with Gasteiger partial charge in [0.25, 0.3) is 5.91 Å². The lowest BCUT2D eigenvalue weighted by Gasteiger charge is -2.35. The Bertz CT molecular complexity index is 948. The number of carbonyl (C=O) groups excluding carboxylic acids is 2. The minimum atomic E-state index is -0.560. The fraction of sp³-hybridized carbons (Fsp3) is 0.286. The van der Waals surface area contributed by atoms with E-state index in [1.807, 2.05) is 51.1 Å². The third-order valence-corrected chi connectivity index (χ3v) is 4.34. The summed E-state index contributed by atoms with van der Waals surface area (Å²) in [5.74, 6) is -0.810. The molecular formula is C21H23N5O3. The van der Waals surface area contributed by atoms with E-state index in [1.165, 1.54) is 11.0 Å². The molecular weight excluding hydrogens is 370 g/mol. The zero-order valence-corrected chi connectivity index (χ0v) is 16.6. The predicted octanol–water partition coefficient (Wildman–Crippen LogP) is 2.65. The molecule has 1 amide bonds. The molecule has 3 aromatic rings. The van der Waals surface area contributed by atoms with Crippen LogP contribution >= 0.6 is 0 Å². The molecule has 8 nitrogen and oxygen atoms in total. The van der Waals surface area contributed by atoms with Gasteiger partial charge in [0, 0.05) is 12.1 Å². The number of esters is 1. The molecule has 1 aromatic heterocycles. The minimum Gasteiger partial charge on any atom is -0.452 e. The van der Waals surface area contributed by atoms with E-state index in [0.717, 1.165) is 5.56 Å². The zero-order chi connectivity index (χ0) is 20.9. The largest absolute Gasteiger partial charge is 0.452 e. The normalized spacial score (nSPS) is 11.1. The lowest BCUT2D eigenvalue weighted by Crippen LogP contribution is -2.46. The maximum atomic E-state index is 12.8. The van der Waals surface area contributed by atoms with Gasteiger partial charge in [-0.25, -0.2) is 9.48 Å². The summed E-state index contributed by atoms with van der Waals surface area (Å²) in [6, 6.07) is 16.3. The monoisotopic (exact) mass is 393 g/mol. The van der Waals surface area contributed by atoms with Gasteiger partial charge < -0.3 is 9.64 Å². The van der Waals surface area contributed by atoms with Gasteiger partial charge in [-0.15, -0.1) is 5.10 Å². The third kappa shape index (κ3) is 5.25. The first kappa shape index (κ1) is 20.2. The predicted molar refractivity (Wildman–Crippen MR) is 106 cm³/mol. The topological polar surface area (TPSA) is 90.2 Å². The van der Waals surface area contributed by atoms with Gasteiger partial charge >= 0.3 is 5.97 Å². The van der Waals surface area contributed by atoms with Crippen molar-refractivity contribution < 1.29 is 14.3 Å². The fourth-order valence-corrected chi connectivity index (χ4v) is 2.78. The summed E-state index contributed by atoms with van der Waals surface area (Å²) >= 11 is 0. The average Bonchev–Trinajstić information content (AvgIpc) is 3.25. The molecule has 0 spiro atoms. The molecule has 0 saturated carbocycles. The number of hydrogen-bond acceptors (Lipinski definition) is 6. The van der Waals surface area contributed by atoms with Crippen LogP contribution in [0.5, 0.6) is 0 Å². The first-order chi connectivity index (χ1) is 13.8. The van der Waals surface area contributed by atoms with E-state index in [-0.39, 0.29) is 12.5 Å². The smallest absolute Gasteiger partial charge is 0.338 e. The summed E-state index contributed by atoms with van der Waals surface area (Å²) in [4.78, 5) is 26.8. The van der Waals surface area contributed by atoms with Gasteiger partial charge in [0.2, 0.25) is 0 Å². The second-order valence-corrected chi connectivity index (χ2v) is 7.51. The van der Waals surface area contributed by atoms with Crippen LogP contribution in [0.4, 0.5) is 0 Å². The van der Waals surface area contributed by atoms with Crippen molar-refractivity contribution in [1.82, 2.24) is 25.1 Å². The number of aromatic nitrogens is 4. The molecule has 1 heterocycles. The summed E-state index contributed by atoms with van der Waals surface area (Å²) < 4.78 is 6.73. The Morgan fingerprint density at radius 3 is 2.31 bits per heavy atom. The van der Waals surface area contributed by atoms with E-state index in [9.17, 15) is 9.59 Å². The van der Waals surface area contributed by atoms with Crippen molar-refractivity contribution in [2.24, 2.45) is 0 Å². The molecule has 0 N–H and O–H groups in total. The van der Waals surface area contributed by atoms with Crippen LogP contribution < -0.4 is 0 Å². The molecule has 0 radical (unpaired) electrons. The number of tetrazole rings is 1. The maximum Gasteiger partial charge on any atom is 0.338 e. The maximum absolute atomic E-state index is 12.8. The highest BCUT2D eigenvalue weighted by atomic mass is 16.5. The van der Waals surface area contributed by atoms with Crippen molar-refractivity contribution in [3.8, 4) is 5.69 Å². The Labute approximate surface area is 169 Å². The van der Waals surface area contributed by atoms with Crippen LogP contribution in [-0.2, 0) is 16.1 Å². The summed E-state index contributed by atoms with van der Waals surface area (Å²) in [6.07, 6.45) is 1.46. The number of hydrogen-bond donors (Lipinski definition) is 0. The van der Waals surface area contributed by atoms with Gasteiger partial charge in [0.1, 0.15) is 6.33 Å². The summed E-state index contributed by atoms with van der Waals surface area (Å²) in [7, 11) is 0. The molecule has 0 saturated heterocycles. The van der Waals surface area contributed by atoms with Crippen LogP contribution in [0.3, 0.4) is 0 Å². The Hall–Kier alpha value is -3.55. The minimum absolute atomic E-state index is 0.250. The molecule has 0 aliphatic heterocycles. The lowest BCUT2D eigenvalue weighted by molar-refractivity contribution is -0.140. The second kappa shape index (κ2) is 8.64. The third-order valence-electron chi connectivity index (χ3n) is 4.34. The number of benzene rings is 2. The van der Waals surface area contributed by atoms with E-state index < -0.39 is 11.5 Å². The Kier molecular flexibility index (Phi) is 6.01. The molecule has 150 valence electrons. The molecule has 2 aromatic carbocycles. The Balaban J connectivity index is 1.62. The van der Waals surface area contributed by atoms with Crippen molar-refractivity contribution in [2.45, 2.75) is 32.9 Å². The van der Waals surface area contributed by atoms with Crippen LogP contribution in [0.1, 0.15) is 36.7 Å². The van der Waals surface area contributed by atoms with Crippen molar-refractivity contribution in [1.29, 1.82) is 0 Å². The van der Waals surface area contributed by atoms with Crippen LogP contribution in [-0.4, -0.2) is 49.1 Å². The number of nitrogens with zero attached hydrogens (tertiary/aromatic N) is 5. The second-order valence-electron chi connectivity index (χ2n) is 7.51. The summed E-state index contributed by atoms with van der Waals surface area (Å²) in [5, 5.41) is 10.9. The number of amides is 1. The fourth-order valence-electron chi connectivity index (χ4n) is 2.78. The van der Waals surface area contributed by atoms with Crippen LogP contribution in [0, 0.1) is 0 Å². The Morgan fingerprint density at radius 2 is 1.72 bits per heavy atom. The molecule has 0 unspecified atom stereocenters. The SMILES string of the molecule is CC(C)(C)N(Cc1ccccc1)C(=O)COC(=O)c1ccc(-n2cnnn2)cc1. The molecule has 0 fully saturated rings. The van der Waals surface area contributed by atoms with Gasteiger partial charge in [0.15, 0.2) is 6.61 Å². The van der Waals surface area contributed by atoms with Gasteiger partial charge in [-0.1, -0.05) is 30.3 Å². The summed E-state index contributed by atoms with van der Waals surface area (Å²) in [6.45, 7) is 5.98. The zero-order valence-electron chi connectivity index (χ0n) is 16.6. The van der Waals surface area contributed by atoms with E-state index in [1.54, 1.807) is 29.2 Å². The quantitative estimate of drug-likeness (QED) is 0.598. The summed E-state index contributed by atoms with van der Waals surface area (Å²) in [5.41, 5.74) is 1.66. The number of rotatable bonds is 6. The van der Waals surface area contributed by atoms with E-state index in [4.69, 9.17) is 4.74 Å². The van der Waals surface area contributed by atoms with Crippen molar-refractivity contribution in [3.63, 3.8) is 0 Å². The van der Waals surface area contributed by atoms with E-state index in [0.29, 0.717) is 17.8 Å². The van der Waals surface area contributed by atoms with Gasteiger partial charge in [0.05, 0.1) is 11.3 Å². The van der Waals surface area contributed by atoms with Crippen molar-refractivity contribution in [3.05, 3.63) is 72.1 Å². The van der Waals surface area contributed by atoms with Gasteiger partial charge in [-0.05, 0) is 61.0 Å². The van der Waals surface area contributed by atoms with Crippen LogP contribution in [0.25, 0.3) is 5.69 Å². The highest BCUT2D eigenvalue weighted by Crippen LogP contribution is 2.18. The molecule has 0 atom stereocenters. The molecule has 0 aliphatic carbocycles. The van der Waals surface area contributed by atoms with Gasteiger partial charge in [-0.2, -0.15) is 0 Å². The lowest BCUT2D eigenvalue weighted by atomic mass is 10.0. The molecule has 29 heavy (non-hydrogen) atoms. The standard InChI is InChI=1S/C21H23N5O3/c1-21(2,3)25(13-16-7-5-4-6-8-16)19(27)14-29-20(28)17-9-11-18(12-10-17)26-15-22-23-24-26/h4-12,15H,13-14H2,1-3H3. The van der Waals surface area contributed by atoms with E-state index >= 15 is 0 Å². The molecule has 3 rings (SSSR count). The Morgan fingerprint density at radius 1 is 1.03 bits per heavy atom. The van der Waals surface area contributed by atoms with Crippen LogP contribution in [0.2, 0.25) is 0 Å².